The highest BCUT2D eigenvalue weighted by Crippen LogP contribution is 2.46. The molecule has 2 aromatic rings. The lowest BCUT2D eigenvalue weighted by atomic mass is 10.2. The number of anilines is 2. The number of hydrogen-bond donors (Lipinski definition) is 1. The second-order valence-corrected chi connectivity index (χ2v) is 5.12. The molecule has 0 atom stereocenters. The number of aliphatic hydroxyl groups excluding tert-OH is 1. The number of hydrogen-bond acceptors (Lipinski definition) is 6. The van der Waals surface area contributed by atoms with Gasteiger partial charge in [0, 0.05) is 24.4 Å². The Labute approximate surface area is 115 Å². The molecule has 0 saturated heterocycles. The Morgan fingerprint density at radius 3 is 2.95 bits per heavy atom. The fourth-order valence-electron chi connectivity index (χ4n) is 2.01. The van der Waals surface area contributed by atoms with Crippen LogP contribution in [0.15, 0.2) is 40.5 Å². The van der Waals surface area contributed by atoms with Gasteiger partial charge in [0.2, 0.25) is 0 Å². The van der Waals surface area contributed by atoms with Gasteiger partial charge in [-0.05, 0) is 17.7 Å². The van der Waals surface area contributed by atoms with Gasteiger partial charge in [0.05, 0.1) is 12.3 Å². The summed E-state index contributed by atoms with van der Waals surface area (Å²) in [6, 6.07) is 5.86. The van der Waals surface area contributed by atoms with E-state index in [2.05, 4.69) is 9.97 Å². The Morgan fingerprint density at radius 2 is 2.16 bits per heavy atom. The third-order valence-corrected chi connectivity index (χ3v) is 3.91. The largest absolute Gasteiger partial charge is 0.392 e. The molecule has 0 saturated carbocycles. The van der Waals surface area contributed by atoms with Crippen LogP contribution in [0.5, 0.6) is 0 Å². The number of rotatable bonds is 3. The minimum absolute atomic E-state index is 0.0199. The summed E-state index contributed by atoms with van der Waals surface area (Å²) < 4.78 is 5.25. The number of benzene rings is 1. The number of fused-ring (bicyclic) bond motifs is 2. The van der Waals surface area contributed by atoms with E-state index in [1.807, 2.05) is 23.1 Å². The van der Waals surface area contributed by atoms with E-state index in [1.54, 1.807) is 31.3 Å². The van der Waals surface area contributed by atoms with Crippen molar-refractivity contribution >= 4 is 23.3 Å². The summed E-state index contributed by atoms with van der Waals surface area (Å²) >= 11 is 1.58. The number of aromatic nitrogens is 2. The zero-order valence-electron chi connectivity index (χ0n) is 10.4. The number of nitrogens with zero attached hydrogens (tertiary/aromatic N) is 3. The smallest absolute Gasteiger partial charge is 0.168 e. The SMILES string of the molecule is COCN1c2cc(CO)ccc2Sc2nccnc21. The molecule has 1 aliphatic heterocycles. The highest BCUT2D eigenvalue weighted by molar-refractivity contribution is 7.99. The van der Waals surface area contributed by atoms with Crippen molar-refractivity contribution in [2.45, 2.75) is 16.5 Å². The van der Waals surface area contributed by atoms with E-state index in [9.17, 15) is 5.11 Å². The Bertz CT molecular complexity index is 606. The molecule has 2 heterocycles. The van der Waals surface area contributed by atoms with Crippen molar-refractivity contribution in [2.24, 2.45) is 0 Å². The van der Waals surface area contributed by atoms with Gasteiger partial charge in [-0.2, -0.15) is 0 Å². The molecule has 0 radical (unpaired) electrons. The molecule has 3 rings (SSSR count). The average molecular weight is 275 g/mol. The summed E-state index contributed by atoms with van der Waals surface area (Å²) in [6.07, 6.45) is 3.35. The maximum atomic E-state index is 9.27. The van der Waals surface area contributed by atoms with Crippen LogP contribution in [0.25, 0.3) is 0 Å². The van der Waals surface area contributed by atoms with Crippen LogP contribution in [0.2, 0.25) is 0 Å². The third kappa shape index (κ3) is 2.18. The highest BCUT2D eigenvalue weighted by Gasteiger charge is 2.25. The van der Waals surface area contributed by atoms with Crippen molar-refractivity contribution < 1.29 is 9.84 Å². The van der Waals surface area contributed by atoms with Crippen LogP contribution in [0, 0.1) is 0 Å². The summed E-state index contributed by atoms with van der Waals surface area (Å²) in [5.74, 6) is 0.789. The Balaban J connectivity index is 2.12. The Hall–Kier alpha value is -1.63. The Kier molecular flexibility index (Phi) is 3.37. The predicted molar refractivity (Wildman–Crippen MR) is 72.5 cm³/mol. The van der Waals surface area contributed by atoms with Crippen molar-refractivity contribution in [3.8, 4) is 0 Å². The van der Waals surface area contributed by atoms with Gasteiger partial charge in [0.15, 0.2) is 5.82 Å². The van der Waals surface area contributed by atoms with Crippen molar-refractivity contribution in [3.05, 3.63) is 36.2 Å². The second kappa shape index (κ2) is 5.16. The highest BCUT2D eigenvalue weighted by atomic mass is 32.2. The molecule has 1 aromatic carbocycles. The lowest BCUT2D eigenvalue weighted by Crippen LogP contribution is -2.24. The van der Waals surface area contributed by atoms with E-state index in [4.69, 9.17) is 4.74 Å². The van der Waals surface area contributed by atoms with Gasteiger partial charge in [0.25, 0.3) is 0 Å². The van der Waals surface area contributed by atoms with Crippen molar-refractivity contribution in [3.63, 3.8) is 0 Å². The molecule has 0 unspecified atom stereocenters. The standard InChI is InChI=1S/C13H13N3O2S/c1-18-8-16-10-6-9(7-17)2-3-11(10)19-13-12(16)14-4-5-15-13/h2-6,17H,7-8H2,1H3. The van der Waals surface area contributed by atoms with Gasteiger partial charge in [-0.25, -0.2) is 9.97 Å². The Morgan fingerprint density at radius 1 is 1.32 bits per heavy atom. The molecule has 1 aliphatic rings. The average Bonchev–Trinajstić information content (AvgIpc) is 2.47. The predicted octanol–water partition coefficient (Wildman–Crippen LogP) is 2.18. The summed E-state index contributed by atoms with van der Waals surface area (Å²) in [5, 5.41) is 10.1. The molecule has 0 amide bonds. The molecule has 1 aromatic heterocycles. The molecule has 5 nitrogen and oxygen atoms in total. The van der Waals surface area contributed by atoms with Gasteiger partial charge < -0.3 is 9.84 Å². The maximum Gasteiger partial charge on any atom is 0.168 e. The molecule has 6 heteroatoms. The third-order valence-electron chi connectivity index (χ3n) is 2.86. The number of methoxy groups -OCH3 is 1. The molecular formula is C13H13N3O2S. The van der Waals surface area contributed by atoms with Gasteiger partial charge >= 0.3 is 0 Å². The van der Waals surface area contributed by atoms with Gasteiger partial charge in [-0.15, -0.1) is 0 Å². The van der Waals surface area contributed by atoms with E-state index in [0.29, 0.717) is 6.73 Å². The van der Waals surface area contributed by atoms with Crippen molar-refractivity contribution in [1.29, 1.82) is 0 Å². The first-order chi connectivity index (χ1) is 9.33. The van der Waals surface area contributed by atoms with E-state index < -0.39 is 0 Å². The molecular weight excluding hydrogens is 262 g/mol. The maximum absolute atomic E-state index is 9.27. The van der Waals surface area contributed by atoms with Gasteiger partial charge in [-0.3, -0.25) is 4.90 Å². The van der Waals surface area contributed by atoms with Gasteiger partial charge in [0.1, 0.15) is 11.8 Å². The van der Waals surface area contributed by atoms with Crippen LogP contribution in [0.4, 0.5) is 11.5 Å². The van der Waals surface area contributed by atoms with Crippen LogP contribution in [-0.4, -0.2) is 28.9 Å². The minimum atomic E-state index is 0.0199. The lowest BCUT2D eigenvalue weighted by Gasteiger charge is -2.30. The zero-order chi connectivity index (χ0) is 13.2. The number of aliphatic hydroxyl groups is 1. The molecule has 0 bridgehead atoms. The van der Waals surface area contributed by atoms with Crippen molar-refractivity contribution in [2.75, 3.05) is 18.7 Å². The van der Waals surface area contributed by atoms with Crippen LogP contribution >= 0.6 is 11.8 Å². The zero-order valence-corrected chi connectivity index (χ0v) is 11.2. The van der Waals surface area contributed by atoms with E-state index in [-0.39, 0.29) is 6.61 Å². The minimum Gasteiger partial charge on any atom is -0.392 e. The summed E-state index contributed by atoms with van der Waals surface area (Å²) in [4.78, 5) is 11.8. The topological polar surface area (TPSA) is 58.5 Å². The van der Waals surface area contributed by atoms with Crippen LogP contribution in [-0.2, 0) is 11.3 Å². The molecule has 0 fully saturated rings. The first kappa shape index (κ1) is 12.4. The quantitative estimate of drug-likeness (QED) is 0.926. The van der Waals surface area contributed by atoms with Crippen LogP contribution < -0.4 is 4.90 Å². The fourth-order valence-corrected chi connectivity index (χ4v) is 3.00. The van der Waals surface area contributed by atoms with E-state index in [0.717, 1.165) is 27.0 Å². The molecule has 98 valence electrons. The van der Waals surface area contributed by atoms with Crippen LogP contribution in [0.1, 0.15) is 5.56 Å². The fraction of sp³-hybridized carbons (Fsp3) is 0.231. The lowest BCUT2D eigenvalue weighted by molar-refractivity contribution is 0.204. The molecule has 0 aliphatic carbocycles. The molecule has 19 heavy (non-hydrogen) atoms. The summed E-state index contributed by atoms with van der Waals surface area (Å²) in [7, 11) is 1.65. The van der Waals surface area contributed by atoms with E-state index >= 15 is 0 Å². The van der Waals surface area contributed by atoms with Crippen LogP contribution in [0.3, 0.4) is 0 Å². The summed E-state index contributed by atoms with van der Waals surface area (Å²) in [6.45, 7) is 0.417. The number of ether oxygens (including phenoxy) is 1. The first-order valence-corrected chi connectivity index (χ1v) is 6.64. The summed E-state index contributed by atoms with van der Waals surface area (Å²) in [5.41, 5.74) is 1.86. The first-order valence-electron chi connectivity index (χ1n) is 5.82. The molecule has 1 N–H and O–H groups in total. The molecule has 0 spiro atoms. The second-order valence-electron chi connectivity index (χ2n) is 4.09. The van der Waals surface area contributed by atoms with Gasteiger partial charge in [-0.1, -0.05) is 17.8 Å². The monoisotopic (exact) mass is 275 g/mol. The van der Waals surface area contributed by atoms with E-state index in [1.165, 1.54) is 0 Å². The van der Waals surface area contributed by atoms with Crippen molar-refractivity contribution in [1.82, 2.24) is 9.97 Å². The normalized spacial score (nSPS) is 13.1.